The van der Waals surface area contributed by atoms with Crippen molar-refractivity contribution in [1.82, 2.24) is 15.5 Å². The molecule has 1 heterocycles. The molecule has 0 fully saturated rings. The minimum absolute atomic E-state index is 0. The summed E-state index contributed by atoms with van der Waals surface area (Å²) in [5.74, 6) is 1.55. The highest BCUT2D eigenvalue weighted by Gasteiger charge is 2.22. The first-order valence-electron chi connectivity index (χ1n) is 9.12. The number of aliphatic imine (C=N–C) groups is 1. The van der Waals surface area contributed by atoms with E-state index in [1.165, 1.54) is 5.56 Å². The van der Waals surface area contributed by atoms with Gasteiger partial charge in [-0.15, -0.1) is 24.0 Å². The molecule has 1 unspecified atom stereocenters. The molecule has 150 valence electrons. The molecular formula is C21H27IN4O2. The minimum Gasteiger partial charge on any atom is -0.488 e. The summed E-state index contributed by atoms with van der Waals surface area (Å²) in [4.78, 5) is 18.0. The van der Waals surface area contributed by atoms with Gasteiger partial charge in [0.05, 0.1) is 19.6 Å². The van der Waals surface area contributed by atoms with E-state index in [2.05, 4.69) is 21.7 Å². The number of para-hydroxylation sites is 1. The van der Waals surface area contributed by atoms with Gasteiger partial charge >= 0.3 is 0 Å². The van der Waals surface area contributed by atoms with Crippen LogP contribution in [-0.2, 0) is 17.8 Å². The van der Waals surface area contributed by atoms with Crippen molar-refractivity contribution < 1.29 is 9.53 Å². The van der Waals surface area contributed by atoms with Crippen molar-refractivity contribution in [2.75, 3.05) is 27.2 Å². The van der Waals surface area contributed by atoms with Gasteiger partial charge in [0, 0.05) is 20.5 Å². The minimum atomic E-state index is -0.00580. The molecule has 3 rings (SSSR count). The lowest BCUT2D eigenvalue weighted by atomic mass is 10.1. The van der Waals surface area contributed by atoms with Crippen LogP contribution in [0.2, 0.25) is 0 Å². The molecule has 0 spiro atoms. The van der Waals surface area contributed by atoms with E-state index in [1.54, 1.807) is 19.0 Å². The van der Waals surface area contributed by atoms with Gasteiger partial charge in [0.25, 0.3) is 0 Å². The summed E-state index contributed by atoms with van der Waals surface area (Å²) < 4.78 is 5.96. The van der Waals surface area contributed by atoms with Crippen molar-refractivity contribution >= 4 is 35.8 Å². The third-order valence-electron chi connectivity index (χ3n) is 4.38. The maximum atomic E-state index is 11.9. The Hall–Kier alpha value is -2.29. The van der Waals surface area contributed by atoms with E-state index in [0.717, 1.165) is 17.7 Å². The largest absolute Gasteiger partial charge is 0.488 e. The number of guanidine groups is 1. The van der Waals surface area contributed by atoms with Crippen LogP contribution in [0.4, 0.5) is 0 Å². The lowest BCUT2D eigenvalue weighted by Gasteiger charge is -2.17. The molecule has 0 radical (unpaired) electrons. The number of hydrogen-bond acceptors (Lipinski definition) is 3. The molecule has 28 heavy (non-hydrogen) atoms. The van der Waals surface area contributed by atoms with Gasteiger partial charge in [-0.05, 0) is 17.2 Å². The SMILES string of the molecule is CN(C)C(=O)CNC(=NCc1ccccc1)NCC1Cc2ccccc2O1.I. The average Bonchev–Trinajstić information content (AvgIpc) is 3.10. The molecule has 0 saturated heterocycles. The zero-order chi connectivity index (χ0) is 19.1. The third kappa shape index (κ3) is 6.40. The van der Waals surface area contributed by atoms with Crippen LogP contribution in [-0.4, -0.2) is 50.1 Å². The predicted octanol–water partition coefficient (Wildman–Crippen LogP) is 2.43. The lowest BCUT2D eigenvalue weighted by molar-refractivity contribution is -0.127. The summed E-state index contributed by atoms with van der Waals surface area (Å²) in [5, 5.41) is 6.41. The van der Waals surface area contributed by atoms with Crippen LogP contribution >= 0.6 is 24.0 Å². The fourth-order valence-electron chi connectivity index (χ4n) is 2.82. The molecule has 2 N–H and O–H groups in total. The molecule has 0 bridgehead atoms. The van der Waals surface area contributed by atoms with Crippen LogP contribution in [0.3, 0.4) is 0 Å². The number of carbonyl (C=O) groups is 1. The Labute approximate surface area is 183 Å². The summed E-state index contributed by atoms with van der Waals surface area (Å²) in [6.45, 7) is 1.35. The Morgan fingerprint density at radius 1 is 1.11 bits per heavy atom. The first kappa shape index (κ1) is 22.0. The first-order valence-corrected chi connectivity index (χ1v) is 9.12. The lowest BCUT2D eigenvalue weighted by Crippen LogP contribution is -2.45. The molecule has 0 aliphatic carbocycles. The van der Waals surface area contributed by atoms with Crippen molar-refractivity contribution in [3.63, 3.8) is 0 Å². The number of hydrogen-bond donors (Lipinski definition) is 2. The van der Waals surface area contributed by atoms with Gasteiger partial charge in [-0.3, -0.25) is 4.79 Å². The van der Waals surface area contributed by atoms with E-state index < -0.39 is 0 Å². The van der Waals surface area contributed by atoms with Gasteiger partial charge in [0.2, 0.25) is 5.91 Å². The number of ether oxygens (including phenoxy) is 1. The van der Waals surface area contributed by atoms with Crippen molar-refractivity contribution in [1.29, 1.82) is 0 Å². The smallest absolute Gasteiger partial charge is 0.241 e. The van der Waals surface area contributed by atoms with Crippen LogP contribution in [0, 0.1) is 0 Å². The standard InChI is InChI=1S/C21H26N4O2.HI/c1-25(2)20(26)15-24-21(22-13-16-8-4-3-5-9-16)23-14-18-12-17-10-6-7-11-19(17)27-18;/h3-11,18H,12-15H2,1-2H3,(H2,22,23,24);1H. The van der Waals surface area contributed by atoms with E-state index >= 15 is 0 Å². The molecule has 2 aromatic rings. The Balaban J connectivity index is 0.00000280. The van der Waals surface area contributed by atoms with Crippen LogP contribution in [0.25, 0.3) is 0 Å². The second-order valence-electron chi connectivity index (χ2n) is 6.72. The van der Waals surface area contributed by atoms with E-state index in [4.69, 9.17) is 4.74 Å². The molecule has 2 aromatic carbocycles. The quantitative estimate of drug-likeness (QED) is 0.368. The zero-order valence-corrected chi connectivity index (χ0v) is 18.6. The molecule has 6 nitrogen and oxygen atoms in total. The summed E-state index contributed by atoms with van der Waals surface area (Å²) in [6, 6.07) is 18.1. The summed E-state index contributed by atoms with van der Waals surface area (Å²) in [7, 11) is 3.48. The topological polar surface area (TPSA) is 66.0 Å². The number of nitrogens with zero attached hydrogens (tertiary/aromatic N) is 2. The van der Waals surface area contributed by atoms with E-state index in [0.29, 0.717) is 19.0 Å². The highest BCUT2D eigenvalue weighted by molar-refractivity contribution is 14.0. The van der Waals surface area contributed by atoms with Crippen LogP contribution in [0.5, 0.6) is 5.75 Å². The number of amides is 1. The van der Waals surface area contributed by atoms with E-state index in [9.17, 15) is 4.79 Å². The average molecular weight is 494 g/mol. The van der Waals surface area contributed by atoms with Gasteiger partial charge in [-0.2, -0.15) is 0 Å². The highest BCUT2D eigenvalue weighted by atomic mass is 127. The number of likely N-dealkylation sites (N-methyl/N-ethyl adjacent to an activating group) is 1. The Morgan fingerprint density at radius 3 is 2.54 bits per heavy atom. The zero-order valence-electron chi connectivity index (χ0n) is 16.2. The second-order valence-corrected chi connectivity index (χ2v) is 6.72. The van der Waals surface area contributed by atoms with Crippen molar-refractivity contribution in [2.24, 2.45) is 4.99 Å². The molecular weight excluding hydrogens is 467 g/mol. The van der Waals surface area contributed by atoms with E-state index in [-0.39, 0.29) is 42.5 Å². The van der Waals surface area contributed by atoms with Crippen LogP contribution < -0.4 is 15.4 Å². The van der Waals surface area contributed by atoms with Gasteiger partial charge in [0.15, 0.2) is 5.96 Å². The van der Waals surface area contributed by atoms with Crippen molar-refractivity contribution in [3.05, 3.63) is 65.7 Å². The molecule has 1 aliphatic heterocycles. The summed E-state index contributed by atoms with van der Waals surface area (Å²) in [5.41, 5.74) is 2.34. The highest BCUT2D eigenvalue weighted by Crippen LogP contribution is 2.27. The fraction of sp³-hybridized carbons (Fsp3) is 0.333. The van der Waals surface area contributed by atoms with Crippen LogP contribution in [0.1, 0.15) is 11.1 Å². The number of fused-ring (bicyclic) bond motifs is 1. The summed E-state index contributed by atoms with van der Waals surface area (Å²) in [6.07, 6.45) is 0.918. The molecule has 1 aliphatic rings. The number of carbonyl (C=O) groups excluding carboxylic acids is 1. The number of benzene rings is 2. The Bertz CT molecular complexity index is 771. The van der Waals surface area contributed by atoms with Gasteiger partial charge in [-0.1, -0.05) is 48.5 Å². The third-order valence-corrected chi connectivity index (χ3v) is 4.38. The number of rotatable bonds is 6. The van der Waals surface area contributed by atoms with Gasteiger partial charge in [0.1, 0.15) is 11.9 Å². The van der Waals surface area contributed by atoms with Gasteiger partial charge < -0.3 is 20.3 Å². The maximum absolute atomic E-state index is 11.9. The van der Waals surface area contributed by atoms with Crippen molar-refractivity contribution in [2.45, 2.75) is 19.1 Å². The van der Waals surface area contributed by atoms with Crippen molar-refractivity contribution in [3.8, 4) is 5.75 Å². The molecule has 1 amide bonds. The Morgan fingerprint density at radius 2 is 1.82 bits per heavy atom. The molecule has 0 aromatic heterocycles. The number of nitrogens with one attached hydrogen (secondary N) is 2. The molecule has 0 saturated carbocycles. The van der Waals surface area contributed by atoms with Crippen LogP contribution in [0.15, 0.2) is 59.6 Å². The molecule has 7 heteroatoms. The Kier molecular flexibility index (Phi) is 8.56. The fourth-order valence-corrected chi connectivity index (χ4v) is 2.82. The normalized spacial score (nSPS) is 15.1. The first-order chi connectivity index (χ1) is 13.1. The maximum Gasteiger partial charge on any atom is 0.241 e. The molecule has 1 atom stereocenters. The summed E-state index contributed by atoms with van der Waals surface area (Å²) >= 11 is 0. The second kappa shape index (κ2) is 10.9. The van der Waals surface area contributed by atoms with Gasteiger partial charge in [-0.25, -0.2) is 4.99 Å². The monoisotopic (exact) mass is 494 g/mol. The van der Waals surface area contributed by atoms with E-state index in [1.807, 2.05) is 48.5 Å². The predicted molar refractivity (Wildman–Crippen MR) is 122 cm³/mol. The number of halogens is 1.